The van der Waals surface area contributed by atoms with Crippen LogP contribution < -0.4 is 5.32 Å². The molecule has 28 heavy (non-hydrogen) atoms. The summed E-state index contributed by atoms with van der Waals surface area (Å²) in [7, 11) is 0. The van der Waals surface area contributed by atoms with Crippen LogP contribution in [0, 0.1) is 0 Å². The summed E-state index contributed by atoms with van der Waals surface area (Å²) in [6, 6.07) is 0. The Morgan fingerprint density at radius 1 is 0.429 bits per heavy atom. The average molecular weight is 395 g/mol. The zero-order chi connectivity index (χ0) is 20.4. The van der Waals surface area contributed by atoms with Crippen LogP contribution in [0.5, 0.6) is 0 Å². The zero-order valence-corrected chi connectivity index (χ0v) is 19.4. The van der Waals surface area contributed by atoms with Crippen LogP contribution in [0.1, 0.15) is 155 Å². The number of carbonyl (C=O) groups excluding carboxylic acids is 1. The maximum atomic E-state index is 9.99. The number of hydrogen-bond acceptors (Lipinski definition) is 1. The Bertz CT molecular complexity index is 280. The smallest absolute Gasteiger partial charge is 0.309 e. The van der Waals surface area contributed by atoms with Gasteiger partial charge in [0.2, 0.25) is 0 Å². The van der Waals surface area contributed by atoms with E-state index in [-0.39, 0.29) is 0 Å². The largest absolute Gasteiger partial charge is 0.348 e. The van der Waals surface area contributed by atoms with Crippen molar-refractivity contribution in [2.45, 2.75) is 155 Å². The summed E-state index contributed by atoms with van der Waals surface area (Å²) in [5.41, 5.74) is 0. The molecule has 1 N–H and O–H groups in total. The molecule has 0 aromatic heterocycles. The molecule has 0 heterocycles. The summed E-state index contributed by atoms with van der Waals surface area (Å²) in [5, 5.41) is 2.61. The third kappa shape index (κ3) is 25.5. The fourth-order valence-electron chi connectivity index (χ4n) is 4.05. The van der Waals surface area contributed by atoms with Crippen LogP contribution in [-0.2, 0) is 4.79 Å². The maximum Gasteiger partial charge on any atom is 0.309 e. The van der Waals surface area contributed by atoms with Gasteiger partial charge in [0.15, 0.2) is 0 Å². The van der Waals surface area contributed by atoms with Gasteiger partial charge in [-0.2, -0.15) is 0 Å². The van der Waals surface area contributed by atoms with Crippen LogP contribution in [-0.4, -0.2) is 13.0 Å². The molecule has 0 saturated carbocycles. The molecule has 0 spiro atoms. The lowest BCUT2D eigenvalue weighted by Gasteiger charge is -2.04. The number of amides is 1. The second-order valence-corrected chi connectivity index (χ2v) is 8.81. The van der Waals surface area contributed by atoms with E-state index in [2.05, 4.69) is 12.2 Å². The maximum absolute atomic E-state index is 9.99. The van der Waals surface area contributed by atoms with Gasteiger partial charge in [-0.25, -0.2) is 0 Å². The van der Waals surface area contributed by atoms with Crippen molar-refractivity contribution in [1.82, 2.24) is 5.32 Å². The highest BCUT2D eigenvalue weighted by molar-refractivity contribution is 5.46. The average Bonchev–Trinajstić information content (AvgIpc) is 2.71. The van der Waals surface area contributed by atoms with Gasteiger partial charge in [-0.1, -0.05) is 148 Å². The molecule has 0 rings (SSSR count). The van der Waals surface area contributed by atoms with E-state index in [4.69, 9.17) is 0 Å². The first-order valence-electron chi connectivity index (χ1n) is 13.0. The summed E-state index contributed by atoms with van der Waals surface area (Å²) < 4.78 is 0. The molecule has 0 fully saturated rings. The minimum Gasteiger partial charge on any atom is -0.348 e. The van der Waals surface area contributed by atoms with Gasteiger partial charge in [-0.05, 0) is 6.42 Å². The Balaban J connectivity index is 2.97. The molecule has 1 radical (unpaired) electrons. The Kier molecular flexibility index (Phi) is 26.0. The normalized spacial score (nSPS) is 11.0. The van der Waals surface area contributed by atoms with Gasteiger partial charge in [0.05, 0.1) is 0 Å². The van der Waals surface area contributed by atoms with Crippen LogP contribution >= 0.6 is 0 Å². The van der Waals surface area contributed by atoms with Crippen LogP contribution in [0.25, 0.3) is 0 Å². The Morgan fingerprint density at radius 2 is 0.679 bits per heavy atom. The van der Waals surface area contributed by atoms with Crippen molar-refractivity contribution in [2.24, 2.45) is 0 Å². The van der Waals surface area contributed by atoms with Crippen LogP contribution in [0.2, 0.25) is 0 Å². The number of unbranched alkanes of at least 4 members (excludes halogenated alkanes) is 22. The molecule has 0 unspecified atom stereocenters. The molecule has 0 aromatic carbocycles. The highest BCUT2D eigenvalue weighted by Gasteiger charge is 1.96. The van der Waals surface area contributed by atoms with Crippen molar-refractivity contribution in [3.05, 3.63) is 0 Å². The molecule has 0 aliphatic carbocycles. The van der Waals surface area contributed by atoms with Crippen molar-refractivity contribution < 1.29 is 4.79 Å². The van der Waals surface area contributed by atoms with Crippen LogP contribution in [0.4, 0.5) is 0 Å². The summed E-state index contributed by atoms with van der Waals surface area (Å²) in [5.74, 6) is 0. The van der Waals surface area contributed by atoms with Gasteiger partial charge in [0.1, 0.15) is 0 Å². The predicted molar refractivity (Wildman–Crippen MR) is 126 cm³/mol. The number of nitrogens with one attached hydrogen (secondary N) is 1. The van der Waals surface area contributed by atoms with Crippen molar-refractivity contribution in [1.29, 1.82) is 0 Å². The van der Waals surface area contributed by atoms with E-state index in [1.165, 1.54) is 141 Å². The first-order valence-corrected chi connectivity index (χ1v) is 13.0. The van der Waals surface area contributed by atoms with Crippen LogP contribution in [0.15, 0.2) is 0 Å². The van der Waals surface area contributed by atoms with Crippen molar-refractivity contribution in [2.75, 3.05) is 6.54 Å². The highest BCUT2D eigenvalue weighted by atomic mass is 16.1. The van der Waals surface area contributed by atoms with Crippen LogP contribution in [0.3, 0.4) is 0 Å². The first-order chi connectivity index (χ1) is 13.9. The fraction of sp³-hybridized carbons (Fsp3) is 0.962. The zero-order valence-electron chi connectivity index (χ0n) is 19.4. The molecule has 2 nitrogen and oxygen atoms in total. The predicted octanol–water partition coefficient (Wildman–Crippen LogP) is 8.64. The standard InChI is InChI=1S/C26H52NO/c1-2-3-4-5-6-7-8-9-10-11-12-13-14-15-16-17-18-19-20-21-22-23-24-25-27-26-28/h2-25H2,1H3,(H,27,28). The molecule has 0 atom stereocenters. The van der Waals surface area contributed by atoms with Gasteiger partial charge in [-0.15, -0.1) is 0 Å². The minimum atomic E-state index is 0.794. The first kappa shape index (κ1) is 27.5. The third-order valence-corrected chi connectivity index (χ3v) is 5.98. The quantitative estimate of drug-likeness (QED) is 0.122. The van der Waals surface area contributed by atoms with Gasteiger partial charge in [0, 0.05) is 6.54 Å². The minimum absolute atomic E-state index is 0.794. The SMILES string of the molecule is CCCCCCCCCCCCCCCCCCCCCCCCCN[C]=O. The number of hydrogen-bond donors (Lipinski definition) is 1. The summed E-state index contributed by atoms with van der Waals surface area (Å²) in [4.78, 5) is 9.99. The Labute approximate surface area is 178 Å². The molecule has 0 aromatic rings. The Hall–Kier alpha value is -0.530. The molecule has 0 aliphatic rings. The van der Waals surface area contributed by atoms with Gasteiger partial charge in [-0.3, -0.25) is 4.79 Å². The second kappa shape index (κ2) is 26.5. The number of rotatable bonds is 25. The highest BCUT2D eigenvalue weighted by Crippen LogP contribution is 2.15. The molecule has 0 aliphatic heterocycles. The van der Waals surface area contributed by atoms with E-state index in [0.29, 0.717) is 0 Å². The lowest BCUT2D eigenvalue weighted by atomic mass is 10.0. The van der Waals surface area contributed by atoms with Gasteiger partial charge < -0.3 is 5.32 Å². The lowest BCUT2D eigenvalue weighted by molar-refractivity contribution is 0.516. The Morgan fingerprint density at radius 3 is 0.929 bits per heavy atom. The molecule has 167 valence electrons. The van der Waals surface area contributed by atoms with E-state index in [0.717, 1.165) is 13.0 Å². The second-order valence-electron chi connectivity index (χ2n) is 8.81. The van der Waals surface area contributed by atoms with E-state index < -0.39 is 0 Å². The van der Waals surface area contributed by atoms with E-state index >= 15 is 0 Å². The van der Waals surface area contributed by atoms with Crippen molar-refractivity contribution in [3.8, 4) is 0 Å². The molecular weight excluding hydrogens is 342 g/mol. The summed E-state index contributed by atoms with van der Waals surface area (Å²) in [6.45, 7) is 3.09. The molecular formula is C26H52NO. The topological polar surface area (TPSA) is 29.1 Å². The van der Waals surface area contributed by atoms with Gasteiger partial charge in [0.25, 0.3) is 0 Å². The summed E-state index contributed by atoms with van der Waals surface area (Å²) in [6.07, 6.45) is 34.3. The third-order valence-electron chi connectivity index (χ3n) is 5.98. The van der Waals surface area contributed by atoms with Gasteiger partial charge >= 0.3 is 6.41 Å². The monoisotopic (exact) mass is 394 g/mol. The molecule has 2 heteroatoms. The molecule has 1 amide bonds. The summed E-state index contributed by atoms with van der Waals surface area (Å²) >= 11 is 0. The van der Waals surface area contributed by atoms with E-state index in [1.807, 2.05) is 0 Å². The molecule has 0 bridgehead atoms. The fourth-order valence-corrected chi connectivity index (χ4v) is 4.05. The molecule has 0 saturated heterocycles. The van der Waals surface area contributed by atoms with Crippen molar-refractivity contribution >= 4 is 6.41 Å². The van der Waals surface area contributed by atoms with Crippen molar-refractivity contribution in [3.63, 3.8) is 0 Å². The van der Waals surface area contributed by atoms with E-state index in [1.54, 1.807) is 6.41 Å². The van der Waals surface area contributed by atoms with E-state index in [9.17, 15) is 4.79 Å². The lowest BCUT2D eigenvalue weighted by Crippen LogP contribution is -2.11.